The van der Waals surface area contributed by atoms with E-state index in [0.29, 0.717) is 0 Å². The fourth-order valence-electron chi connectivity index (χ4n) is 2.08. The van der Waals surface area contributed by atoms with Crippen LogP contribution in [0.2, 0.25) is 0 Å². The van der Waals surface area contributed by atoms with Crippen LogP contribution >= 0.6 is 0 Å². The summed E-state index contributed by atoms with van der Waals surface area (Å²) in [6.07, 6.45) is -4.51. The van der Waals surface area contributed by atoms with Crippen molar-refractivity contribution in [2.45, 2.75) is 18.0 Å². The van der Waals surface area contributed by atoms with Crippen LogP contribution in [0.1, 0.15) is 12.5 Å². The Morgan fingerprint density at radius 3 is 2.19 bits per heavy atom. The summed E-state index contributed by atoms with van der Waals surface area (Å²) in [5, 5.41) is 2.44. The molecule has 0 saturated carbocycles. The Morgan fingerprint density at radius 1 is 1.08 bits per heavy atom. The number of alkyl halides is 3. The van der Waals surface area contributed by atoms with Gasteiger partial charge in [0.15, 0.2) is 0 Å². The maximum Gasteiger partial charge on any atom is 0.416 e. The van der Waals surface area contributed by atoms with Gasteiger partial charge in [0.25, 0.3) is 10.0 Å². The van der Waals surface area contributed by atoms with Crippen LogP contribution < -0.4 is 14.8 Å². The van der Waals surface area contributed by atoms with Crippen molar-refractivity contribution in [1.82, 2.24) is 0 Å². The standard InChI is InChI=1S/C16H15F3N2O4S/c1-10(22)20-14-9-13(7-8-15(14)25-2)26(23,24)21-12-5-3-11(4-6-12)16(17,18)19/h3-9,21H,1-2H3,(H,20,22). The summed E-state index contributed by atoms with van der Waals surface area (Å²) in [5.74, 6) is -0.165. The molecule has 0 aromatic heterocycles. The normalized spacial score (nSPS) is 11.7. The second kappa shape index (κ2) is 7.24. The van der Waals surface area contributed by atoms with Crippen molar-refractivity contribution < 1.29 is 31.1 Å². The largest absolute Gasteiger partial charge is 0.495 e. The summed E-state index contributed by atoms with van der Waals surface area (Å²) < 4.78 is 69.8. The second-order valence-corrected chi connectivity index (χ2v) is 6.91. The molecule has 6 nitrogen and oxygen atoms in total. The minimum atomic E-state index is -4.51. The SMILES string of the molecule is COc1ccc(S(=O)(=O)Nc2ccc(C(F)(F)F)cc2)cc1NC(C)=O. The Kier molecular flexibility index (Phi) is 5.45. The number of amides is 1. The molecule has 2 aromatic rings. The third-order valence-electron chi connectivity index (χ3n) is 3.26. The van der Waals surface area contributed by atoms with Crippen LogP contribution in [0.3, 0.4) is 0 Å². The van der Waals surface area contributed by atoms with E-state index in [0.717, 1.165) is 24.3 Å². The molecule has 0 radical (unpaired) electrons. The van der Waals surface area contributed by atoms with Gasteiger partial charge in [-0.15, -0.1) is 0 Å². The maximum atomic E-state index is 12.6. The van der Waals surface area contributed by atoms with Crippen molar-refractivity contribution in [1.29, 1.82) is 0 Å². The molecule has 2 N–H and O–H groups in total. The number of carbonyl (C=O) groups is 1. The highest BCUT2D eigenvalue weighted by Crippen LogP contribution is 2.31. The zero-order valence-corrected chi connectivity index (χ0v) is 14.5. The zero-order valence-electron chi connectivity index (χ0n) is 13.7. The predicted molar refractivity (Wildman–Crippen MR) is 89.6 cm³/mol. The summed E-state index contributed by atoms with van der Waals surface area (Å²) in [7, 11) is -2.73. The maximum absolute atomic E-state index is 12.6. The Hall–Kier alpha value is -2.75. The zero-order chi connectivity index (χ0) is 19.5. The third-order valence-corrected chi connectivity index (χ3v) is 4.64. The van der Waals surface area contributed by atoms with Gasteiger partial charge in [-0.2, -0.15) is 13.2 Å². The minimum absolute atomic E-state index is 0.0325. The van der Waals surface area contributed by atoms with Gasteiger partial charge in [-0.1, -0.05) is 0 Å². The van der Waals surface area contributed by atoms with E-state index in [1.54, 1.807) is 0 Å². The Labute approximate surface area is 148 Å². The fourth-order valence-corrected chi connectivity index (χ4v) is 3.17. The number of benzene rings is 2. The first-order valence-electron chi connectivity index (χ1n) is 7.18. The predicted octanol–water partition coefficient (Wildman–Crippen LogP) is 3.47. The van der Waals surface area contributed by atoms with Gasteiger partial charge < -0.3 is 10.1 Å². The lowest BCUT2D eigenvalue weighted by atomic mass is 10.2. The van der Waals surface area contributed by atoms with E-state index in [2.05, 4.69) is 10.0 Å². The number of halogens is 3. The molecular formula is C16H15F3N2O4S. The van der Waals surface area contributed by atoms with Crippen LogP contribution in [0.15, 0.2) is 47.4 Å². The molecule has 0 aliphatic heterocycles. The van der Waals surface area contributed by atoms with Crippen LogP contribution in [0.25, 0.3) is 0 Å². The summed E-state index contributed by atoms with van der Waals surface area (Å²) in [5.41, 5.74) is -0.775. The number of hydrogen-bond acceptors (Lipinski definition) is 4. The quantitative estimate of drug-likeness (QED) is 0.821. The smallest absolute Gasteiger partial charge is 0.416 e. The number of ether oxygens (including phenoxy) is 1. The first kappa shape index (κ1) is 19.6. The molecule has 0 saturated heterocycles. The summed E-state index contributed by atoms with van der Waals surface area (Å²) >= 11 is 0. The summed E-state index contributed by atoms with van der Waals surface area (Å²) in [6, 6.07) is 7.36. The molecule has 10 heteroatoms. The van der Waals surface area contributed by atoms with E-state index in [9.17, 15) is 26.4 Å². The molecule has 0 unspecified atom stereocenters. The van der Waals surface area contributed by atoms with Gasteiger partial charge in [0.1, 0.15) is 5.75 Å². The molecule has 26 heavy (non-hydrogen) atoms. The molecule has 0 aliphatic rings. The topological polar surface area (TPSA) is 84.5 Å². The number of hydrogen-bond donors (Lipinski definition) is 2. The van der Waals surface area contributed by atoms with Gasteiger partial charge in [-0.05, 0) is 42.5 Å². The summed E-state index contributed by atoms with van der Waals surface area (Å²) in [4.78, 5) is 11.0. The van der Waals surface area contributed by atoms with Gasteiger partial charge >= 0.3 is 6.18 Å². The van der Waals surface area contributed by atoms with Gasteiger partial charge in [-0.3, -0.25) is 9.52 Å². The van der Waals surface area contributed by atoms with Gasteiger partial charge in [0, 0.05) is 12.6 Å². The number of carbonyl (C=O) groups excluding carboxylic acids is 1. The number of nitrogens with one attached hydrogen (secondary N) is 2. The van der Waals surface area contributed by atoms with Crippen LogP contribution in [-0.2, 0) is 21.0 Å². The molecule has 1 amide bonds. The van der Waals surface area contributed by atoms with E-state index in [4.69, 9.17) is 4.74 Å². The Balaban J connectivity index is 2.31. The Morgan fingerprint density at radius 2 is 1.69 bits per heavy atom. The van der Waals surface area contributed by atoms with E-state index < -0.39 is 27.7 Å². The average Bonchev–Trinajstić information content (AvgIpc) is 2.53. The lowest BCUT2D eigenvalue weighted by molar-refractivity contribution is -0.137. The third kappa shape index (κ3) is 4.66. The minimum Gasteiger partial charge on any atom is -0.495 e. The summed E-state index contributed by atoms with van der Waals surface area (Å²) in [6.45, 7) is 1.25. The van der Waals surface area contributed by atoms with Crippen LogP contribution in [-0.4, -0.2) is 21.4 Å². The lowest BCUT2D eigenvalue weighted by Crippen LogP contribution is -2.14. The molecule has 0 spiro atoms. The average molecular weight is 388 g/mol. The van der Waals surface area contributed by atoms with Crippen molar-refractivity contribution in [2.75, 3.05) is 17.1 Å². The highest BCUT2D eigenvalue weighted by atomic mass is 32.2. The van der Waals surface area contributed by atoms with Gasteiger partial charge in [0.05, 0.1) is 23.3 Å². The van der Waals surface area contributed by atoms with E-state index in [-0.39, 0.29) is 22.0 Å². The van der Waals surface area contributed by atoms with Crippen molar-refractivity contribution in [3.05, 3.63) is 48.0 Å². The molecule has 0 aliphatic carbocycles. The lowest BCUT2D eigenvalue weighted by Gasteiger charge is -2.13. The van der Waals surface area contributed by atoms with Crippen molar-refractivity contribution in [3.63, 3.8) is 0 Å². The van der Waals surface area contributed by atoms with Crippen LogP contribution in [0.4, 0.5) is 24.5 Å². The number of anilines is 2. The molecule has 0 heterocycles. The molecular weight excluding hydrogens is 373 g/mol. The second-order valence-electron chi connectivity index (χ2n) is 5.22. The fraction of sp³-hybridized carbons (Fsp3) is 0.188. The number of methoxy groups -OCH3 is 1. The first-order chi connectivity index (χ1) is 12.0. The molecule has 2 aromatic carbocycles. The molecule has 2 rings (SSSR count). The first-order valence-corrected chi connectivity index (χ1v) is 8.67. The molecule has 0 atom stereocenters. The van der Waals surface area contributed by atoms with Crippen molar-refractivity contribution in [3.8, 4) is 5.75 Å². The van der Waals surface area contributed by atoms with Crippen molar-refractivity contribution in [2.24, 2.45) is 0 Å². The number of sulfonamides is 1. The van der Waals surface area contributed by atoms with Crippen LogP contribution in [0.5, 0.6) is 5.75 Å². The van der Waals surface area contributed by atoms with E-state index >= 15 is 0 Å². The highest BCUT2D eigenvalue weighted by Gasteiger charge is 2.30. The Bertz CT molecular complexity index is 910. The van der Waals surface area contributed by atoms with Gasteiger partial charge in [-0.25, -0.2) is 8.42 Å². The van der Waals surface area contributed by atoms with E-state index in [1.165, 1.54) is 32.2 Å². The number of rotatable bonds is 5. The van der Waals surface area contributed by atoms with Gasteiger partial charge in [0.2, 0.25) is 5.91 Å². The molecule has 140 valence electrons. The monoisotopic (exact) mass is 388 g/mol. The van der Waals surface area contributed by atoms with Crippen LogP contribution in [0, 0.1) is 0 Å². The molecule has 0 bridgehead atoms. The van der Waals surface area contributed by atoms with Crippen molar-refractivity contribution >= 4 is 27.3 Å². The molecule has 0 fully saturated rings. The highest BCUT2D eigenvalue weighted by molar-refractivity contribution is 7.92. The van der Waals surface area contributed by atoms with E-state index in [1.807, 2.05) is 0 Å².